The van der Waals surface area contributed by atoms with E-state index in [1.807, 2.05) is 31.2 Å². The first kappa shape index (κ1) is 18.9. The predicted molar refractivity (Wildman–Crippen MR) is 113 cm³/mol. The second kappa shape index (κ2) is 7.89. The van der Waals surface area contributed by atoms with E-state index in [0.717, 1.165) is 5.56 Å². The van der Waals surface area contributed by atoms with Crippen molar-refractivity contribution in [2.75, 3.05) is 10.6 Å². The highest BCUT2D eigenvalue weighted by Crippen LogP contribution is 2.18. The summed E-state index contributed by atoms with van der Waals surface area (Å²) in [7, 11) is 0. The molecular weight excluding hydrogens is 378 g/mol. The van der Waals surface area contributed by atoms with Crippen LogP contribution in [0.2, 0.25) is 0 Å². The van der Waals surface area contributed by atoms with Crippen LogP contribution < -0.4 is 10.6 Å². The molecule has 2 N–H and O–H groups in total. The van der Waals surface area contributed by atoms with Crippen molar-refractivity contribution in [2.45, 2.75) is 6.92 Å². The van der Waals surface area contributed by atoms with Gasteiger partial charge < -0.3 is 10.6 Å². The number of fused-ring (bicyclic) bond motifs is 1. The van der Waals surface area contributed by atoms with Gasteiger partial charge in [0.2, 0.25) is 5.82 Å². The van der Waals surface area contributed by atoms with E-state index in [0.29, 0.717) is 22.5 Å². The number of aryl methyl sites for hydroxylation is 1. The number of nitriles is 1. The summed E-state index contributed by atoms with van der Waals surface area (Å²) in [5.74, 6) is -0.793. The number of hydrogen-bond donors (Lipinski definition) is 2. The fourth-order valence-corrected chi connectivity index (χ4v) is 3.13. The number of imidazole rings is 1. The molecule has 4 rings (SSSR count). The van der Waals surface area contributed by atoms with Crippen molar-refractivity contribution >= 4 is 28.7 Å². The minimum atomic E-state index is -0.469. The third-order valence-electron chi connectivity index (χ3n) is 4.49. The van der Waals surface area contributed by atoms with Crippen LogP contribution in [0.1, 0.15) is 32.2 Å². The zero-order valence-electron chi connectivity index (χ0n) is 16.1. The summed E-state index contributed by atoms with van der Waals surface area (Å²) >= 11 is 0. The topological polar surface area (TPSA) is 99.3 Å². The Balaban J connectivity index is 1.67. The molecule has 2 aromatic heterocycles. The Bertz CT molecular complexity index is 1320. The zero-order valence-corrected chi connectivity index (χ0v) is 16.1. The summed E-state index contributed by atoms with van der Waals surface area (Å²) in [6, 6.07) is 21.3. The van der Waals surface area contributed by atoms with E-state index in [1.165, 1.54) is 0 Å². The number of carbonyl (C=O) groups is 2. The van der Waals surface area contributed by atoms with E-state index in [2.05, 4.69) is 15.6 Å². The molecule has 0 aliphatic carbocycles. The number of nitrogens with one attached hydrogen (secondary N) is 2. The molecule has 7 nitrogen and oxygen atoms in total. The largest absolute Gasteiger partial charge is 0.321 e. The second-order valence-corrected chi connectivity index (χ2v) is 6.71. The maximum Gasteiger partial charge on any atom is 0.292 e. The van der Waals surface area contributed by atoms with E-state index in [1.54, 1.807) is 59.1 Å². The monoisotopic (exact) mass is 395 g/mol. The smallest absolute Gasteiger partial charge is 0.292 e. The molecule has 0 saturated heterocycles. The van der Waals surface area contributed by atoms with E-state index < -0.39 is 11.8 Å². The van der Waals surface area contributed by atoms with Crippen molar-refractivity contribution in [1.82, 2.24) is 9.38 Å². The van der Waals surface area contributed by atoms with Gasteiger partial charge in [0.05, 0.1) is 17.1 Å². The molecule has 4 aromatic rings. The molecule has 2 aromatic carbocycles. The van der Waals surface area contributed by atoms with Crippen molar-refractivity contribution < 1.29 is 9.59 Å². The van der Waals surface area contributed by atoms with Crippen LogP contribution in [0.3, 0.4) is 0 Å². The van der Waals surface area contributed by atoms with E-state index in [-0.39, 0.29) is 11.5 Å². The summed E-state index contributed by atoms with van der Waals surface area (Å²) in [6.07, 6.45) is 1.68. The van der Waals surface area contributed by atoms with Crippen LogP contribution in [-0.2, 0) is 0 Å². The van der Waals surface area contributed by atoms with Gasteiger partial charge >= 0.3 is 0 Å². The summed E-state index contributed by atoms with van der Waals surface area (Å²) in [4.78, 5) is 30.0. The van der Waals surface area contributed by atoms with E-state index in [4.69, 9.17) is 5.26 Å². The number of carbonyl (C=O) groups excluding carboxylic acids is 2. The summed E-state index contributed by atoms with van der Waals surface area (Å²) in [5, 5.41) is 14.6. The van der Waals surface area contributed by atoms with Gasteiger partial charge in [0, 0.05) is 17.6 Å². The first-order valence-electron chi connectivity index (χ1n) is 9.22. The molecular formula is C23H17N5O2. The van der Waals surface area contributed by atoms with Crippen LogP contribution in [0.25, 0.3) is 5.52 Å². The van der Waals surface area contributed by atoms with Gasteiger partial charge in [-0.3, -0.25) is 14.0 Å². The van der Waals surface area contributed by atoms with Crippen molar-refractivity contribution in [3.63, 3.8) is 0 Å². The predicted octanol–water partition coefficient (Wildman–Crippen LogP) is 4.02. The molecule has 0 spiro atoms. The molecule has 0 aliphatic rings. The lowest BCUT2D eigenvalue weighted by molar-refractivity contribution is 0.101. The van der Waals surface area contributed by atoms with Gasteiger partial charge in [0.25, 0.3) is 11.8 Å². The molecule has 0 atom stereocenters. The Morgan fingerprint density at radius 3 is 2.43 bits per heavy atom. The standard InChI is InChI=1S/C23H17N5O2/c1-15-6-4-8-17(12-15)26-23(30)21-27-20(19-10-2-3-11-28(19)21)22(29)25-18-9-5-7-16(13-18)14-24/h2-13H,1H3,(H,25,29)(H,26,30). The Morgan fingerprint density at radius 1 is 0.933 bits per heavy atom. The maximum atomic E-state index is 12.9. The summed E-state index contributed by atoms with van der Waals surface area (Å²) < 4.78 is 1.58. The normalized spacial score (nSPS) is 10.4. The molecule has 2 heterocycles. The molecule has 30 heavy (non-hydrogen) atoms. The molecule has 0 saturated carbocycles. The third kappa shape index (κ3) is 3.75. The van der Waals surface area contributed by atoms with Crippen LogP contribution in [0.15, 0.2) is 72.9 Å². The zero-order chi connectivity index (χ0) is 21.1. The summed E-state index contributed by atoms with van der Waals surface area (Å²) in [5.41, 5.74) is 3.18. The van der Waals surface area contributed by atoms with Gasteiger partial charge in [0.15, 0.2) is 5.69 Å². The van der Waals surface area contributed by atoms with Crippen molar-refractivity contribution in [3.8, 4) is 6.07 Å². The van der Waals surface area contributed by atoms with Gasteiger partial charge in [-0.15, -0.1) is 0 Å². The second-order valence-electron chi connectivity index (χ2n) is 6.71. The van der Waals surface area contributed by atoms with Gasteiger partial charge in [-0.2, -0.15) is 5.26 Å². The number of benzene rings is 2. The fourth-order valence-electron chi connectivity index (χ4n) is 3.13. The number of hydrogen-bond acceptors (Lipinski definition) is 4. The van der Waals surface area contributed by atoms with Gasteiger partial charge in [0.1, 0.15) is 0 Å². The quantitative estimate of drug-likeness (QED) is 0.545. The Kier molecular flexibility index (Phi) is 4.97. The van der Waals surface area contributed by atoms with Gasteiger partial charge in [-0.05, 0) is 55.0 Å². The minimum Gasteiger partial charge on any atom is -0.321 e. The SMILES string of the molecule is Cc1cccc(NC(=O)c2nc(C(=O)Nc3cccc(C#N)c3)c3ccccn23)c1. The van der Waals surface area contributed by atoms with Crippen molar-refractivity contribution in [2.24, 2.45) is 0 Å². The first-order chi connectivity index (χ1) is 14.5. The highest BCUT2D eigenvalue weighted by Gasteiger charge is 2.21. The Labute approximate surface area is 172 Å². The number of amides is 2. The average Bonchev–Trinajstić information content (AvgIpc) is 3.14. The number of rotatable bonds is 4. The van der Waals surface area contributed by atoms with Crippen LogP contribution in [0.5, 0.6) is 0 Å². The lowest BCUT2D eigenvalue weighted by Crippen LogP contribution is -2.16. The number of nitrogens with zero attached hydrogens (tertiary/aromatic N) is 3. The van der Waals surface area contributed by atoms with Gasteiger partial charge in [-0.1, -0.05) is 24.3 Å². The minimum absolute atomic E-state index is 0.100. The molecule has 0 fully saturated rings. The Hall–Kier alpha value is -4.44. The lowest BCUT2D eigenvalue weighted by atomic mass is 10.2. The van der Waals surface area contributed by atoms with Crippen LogP contribution in [0.4, 0.5) is 11.4 Å². The number of aromatic nitrogens is 2. The van der Waals surface area contributed by atoms with E-state index >= 15 is 0 Å². The molecule has 7 heteroatoms. The average molecular weight is 395 g/mol. The van der Waals surface area contributed by atoms with Crippen LogP contribution in [0, 0.1) is 18.3 Å². The maximum absolute atomic E-state index is 12.9. The Morgan fingerprint density at radius 2 is 1.67 bits per heavy atom. The molecule has 0 unspecified atom stereocenters. The van der Waals surface area contributed by atoms with Crippen molar-refractivity contribution in [1.29, 1.82) is 5.26 Å². The van der Waals surface area contributed by atoms with Gasteiger partial charge in [-0.25, -0.2) is 4.98 Å². The van der Waals surface area contributed by atoms with Crippen molar-refractivity contribution in [3.05, 3.63) is 95.6 Å². The number of pyridine rings is 1. The fraction of sp³-hybridized carbons (Fsp3) is 0.0435. The molecule has 2 amide bonds. The molecule has 0 bridgehead atoms. The molecule has 0 radical (unpaired) electrons. The van der Waals surface area contributed by atoms with Crippen LogP contribution in [-0.4, -0.2) is 21.2 Å². The highest BCUT2D eigenvalue weighted by atomic mass is 16.2. The van der Waals surface area contributed by atoms with E-state index in [9.17, 15) is 9.59 Å². The third-order valence-corrected chi connectivity index (χ3v) is 4.49. The number of anilines is 2. The molecule has 0 aliphatic heterocycles. The summed E-state index contributed by atoms with van der Waals surface area (Å²) in [6.45, 7) is 1.93. The first-order valence-corrected chi connectivity index (χ1v) is 9.22. The highest BCUT2D eigenvalue weighted by molar-refractivity contribution is 6.10. The van der Waals surface area contributed by atoms with Crippen LogP contribution >= 0.6 is 0 Å². The lowest BCUT2D eigenvalue weighted by Gasteiger charge is -2.05. The molecule has 146 valence electrons.